The van der Waals surface area contributed by atoms with Crippen LogP contribution in [0.3, 0.4) is 0 Å². The van der Waals surface area contributed by atoms with Gasteiger partial charge in [0.05, 0.1) is 0 Å². The summed E-state index contributed by atoms with van der Waals surface area (Å²) in [6.45, 7) is 4.00. The van der Waals surface area contributed by atoms with Crippen molar-refractivity contribution in [3.63, 3.8) is 0 Å². The van der Waals surface area contributed by atoms with E-state index in [1.165, 1.54) is 16.5 Å². The number of hydrogen-bond acceptors (Lipinski definition) is 0. The van der Waals surface area contributed by atoms with E-state index in [1.807, 2.05) is 32.0 Å². The van der Waals surface area contributed by atoms with E-state index in [1.54, 1.807) is 0 Å². The Morgan fingerprint density at radius 1 is 0.870 bits per heavy atom. The van der Waals surface area contributed by atoms with Crippen LogP contribution in [0.5, 0.6) is 0 Å². The molecule has 0 unspecified atom stereocenters. The molecule has 0 spiro atoms. The van der Waals surface area contributed by atoms with Crippen LogP contribution < -0.4 is 4.57 Å². The number of aryl methyl sites for hydroxylation is 1. The fourth-order valence-corrected chi connectivity index (χ4v) is 2.19. The van der Waals surface area contributed by atoms with E-state index < -0.39 is 0 Å². The number of nitrogens with two attached hydrogens (primary N) is 1. The first kappa shape index (κ1) is 27.0. The molecule has 0 amide bonds. The maximum atomic E-state index is 3.30. The van der Waals surface area contributed by atoms with Gasteiger partial charge in [0.1, 0.15) is 12.7 Å². The minimum absolute atomic E-state index is 0. The topological polar surface area (TPSA) is 37.4 Å². The normalized spacial score (nSPS) is 8.13. The molecule has 0 fully saturated rings. The first-order chi connectivity index (χ1) is 9.36. The van der Waals surface area contributed by atoms with Crippen molar-refractivity contribution in [2.45, 2.75) is 13.8 Å². The molecule has 0 aliphatic carbocycles. The van der Waals surface area contributed by atoms with Gasteiger partial charge in [-0.1, -0.05) is 43.7 Å². The van der Waals surface area contributed by atoms with E-state index in [9.17, 15) is 0 Å². The summed E-state index contributed by atoms with van der Waals surface area (Å²) in [7, 11) is 2.07. The minimum Gasteiger partial charge on any atom is -0.693 e. The molecule has 0 aliphatic rings. The fourth-order valence-electron chi connectivity index (χ4n) is 2.19. The molecule has 0 bridgehead atoms. The predicted molar refractivity (Wildman–Crippen MR) is 92.4 cm³/mol. The summed E-state index contributed by atoms with van der Waals surface area (Å²) >= 11 is 0. The fraction of sp³-hybridized carbons (Fsp3) is 0.158. The second-order valence-electron chi connectivity index (χ2n) is 4.14. The van der Waals surface area contributed by atoms with Crippen LogP contribution in [0.1, 0.15) is 13.8 Å². The van der Waals surface area contributed by atoms with E-state index in [0.29, 0.717) is 0 Å². The second kappa shape index (κ2) is 13.5. The first-order valence-corrected chi connectivity index (χ1v) is 6.71. The molecular formula is C19H24Ir2N2-2. The standard InChI is InChI=1S/C16H13N.C2H6.CH3.2Ir.H2N/c1-17-12-11-13-7-5-6-10-15(13)16(17)14-8-3-2-4-9-14;1-2;;;;/h2-8,10-12H,1H3;1-2H3;1H3;;;1H2/q;;-1;;;-1. The van der Waals surface area contributed by atoms with Crippen LogP contribution in [0.15, 0.2) is 60.8 Å². The molecule has 0 saturated heterocycles. The molecule has 2 nitrogen and oxygen atoms in total. The molecule has 0 atom stereocenters. The van der Waals surface area contributed by atoms with E-state index >= 15 is 0 Å². The van der Waals surface area contributed by atoms with Crippen molar-refractivity contribution in [2.75, 3.05) is 0 Å². The van der Waals surface area contributed by atoms with Gasteiger partial charge < -0.3 is 13.6 Å². The largest absolute Gasteiger partial charge is 0.693 e. The summed E-state index contributed by atoms with van der Waals surface area (Å²) < 4.78 is 2.15. The van der Waals surface area contributed by atoms with Gasteiger partial charge in [0.25, 0.3) is 0 Å². The number of hydrogen-bond donors (Lipinski definition) is 0. The first-order valence-electron chi connectivity index (χ1n) is 6.71. The second-order valence-corrected chi connectivity index (χ2v) is 4.14. The van der Waals surface area contributed by atoms with Crippen molar-refractivity contribution in [1.29, 1.82) is 0 Å². The molecule has 2 radical (unpaired) electrons. The van der Waals surface area contributed by atoms with Gasteiger partial charge in [0.15, 0.2) is 6.20 Å². The molecule has 3 aromatic rings. The molecule has 1 heterocycles. The van der Waals surface area contributed by atoms with Crippen molar-refractivity contribution >= 4 is 10.8 Å². The van der Waals surface area contributed by atoms with Crippen LogP contribution in [-0.4, -0.2) is 0 Å². The quantitative estimate of drug-likeness (QED) is 0.250. The van der Waals surface area contributed by atoms with Gasteiger partial charge in [-0.2, -0.15) is 0 Å². The van der Waals surface area contributed by atoms with Gasteiger partial charge in [-0.25, -0.2) is 4.57 Å². The summed E-state index contributed by atoms with van der Waals surface area (Å²) in [6.07, 6.45) is 2.10. The zero-order valence-electron chi connectivity index (χ0n) is 14.0. The molecule has 4 heteroatoms. The van der Waals surface area contributed by atoms with Crippen molar-refractivity contribution in [2.24, 2.45) is 7.05 Å². The van der Waals surface area contributed by atoms with Gasteiger partial charge in [-0.05, 0) is 5.39 Å². The minimum atomic E-state index is 0. The third-order valence-electron chi connectivity index (χ3n) is 3.01. The maximum Gasteiger partial charge on any atom is 0.160 e. The third kappa shape index (κ3) is 6.25. The Morgan fingerprint density at radius 2 is 1.48 bits per heavy atom. The van der Waals surface area contributed by atoms with E-state index in [2.05, 4.69) is 60.3 Å². The average Bonchev–Trinajstić information content (AvgIpc) is 2.50. The van der Waals surface area contributed by atoms with Crippen LogP contribution >= 0.6 is 0 Å². The van der Waals surface area contributed by atoms with Crippen LogP contribution in [0, 0.1) is 13.5 Å². The number of aromatic nitrogens is 1. The zero-order valence-corrected chi connectivity index (χ0v) is 18.8. The number of rotatable bonds is 1. The molecule has 3 rings (SSSR count). The summed E-state index contributed by atoms with van der Waals surface area (Å²) in [5.74, 6) is 0. The Labute approximate surface area is 167 Å². The monoisotopic (exact) mass is 666 g/mol. The van der Waals surface area contributed by atoms with Gasteiger partial charge in [-0.15, -0.1) is 30.3 Å². The predicted octanol–water partition coefficient (Wildman–Crippen LogP) is 5.32. The summed E-state index contributed by atoms with van der Waals surface area (Å²) in [5, 5.41) is 2.53. The zero-order chi connectivity index (χ0) is 13.7. The van der Waals surface area contributed by atoms with Crippen LogP contribution in [-0.2, 0) is 47.3 Å². The van der Waals surface area contributed by atoms with E-state index in [0.717, 1.165) is 5.56 Å². The number of benzene rings is 2. The molecule has 2 aromatic carbocycles. The smallest absolute Gasteiger partial charge is 0.160 e. The van der Waals surface area contributed by atoms with Crippen LogP contribution in [0.2, 0.25) is 0 Å². The number of fused-ring (bicyclic) bond motifs is 1. The van der Waals surface area contributed by atoms with Crippen molar-refractivity contribution in [3.8, 4) is 11.3 Å². The third-order valence-corrected chi connectivity index (χ3v) is 3.01. The molecule has 1 aromatic heterocycles. The SMILES string of the molecule is CC.C[n+]1ccc2ccccc2c1-c1[c-]cccc1.[CH3-].[Ir].[Ir].[NH2-]. The molecule has 130 valence electrons. The Morgan fingerprint density at radius 3 is 2.09 bits per heavy atom. The van der Waals surface area contributed by atoms with Crippen molar-refractivity contribution < 1.29 is 44.8 Å². The molecule has 2 N–H and O–H groups in total. The summed E-state index contributed by atoms with van der Waals surface area (Å²) in [4.78, 5) is 0. The molecular weight excluding hydrogens is 641 g/mol. The maximum absolute atomic E-state index is 3.30. The molecule has 0 aliphatic heterocycles. The van der Waals surface area contributed by atoms with Gasteiger partial charge in [-0.3, -0.25) is 0 Å². The molecule has 23 heavy (non-hydrogen) atoms. The van der Waals surface area contributed by atoms with Crippen LogP contribution in [0.25, 0.3) is 28.2 Å². The Balaban J connectivity index is -0.000000643. The Bertz CT molecular complexity index is 671. The van der Waals surface area contributed by atoms with Crippen molar-refractivity contribution in [1.82, 2.24) is 0 Å². The molecule has 0 saturated carbocycles. The summed E-state index contributed by atoms with van der Waals surface area (Å²) in [6, 6.07) is 22.0. The average molecular weight is 665 g/mol. The van der Waals surface area contributed by atoms with E-state index in [-0.39, 0.29) is 53.8 Å². The van der Waals surface area contributed by atoms with Crippen molar-refractivity contribution in [3.05, 3.63) is 80.4 Å². The number of pyridine rings is 1. The van der Waals surface area contributed by atoms with Gasteiger partial charge >= 0.3 is 0 Å². The van der Waals surface area contributed by atoms with Gasteiger partial charge in [0.2, 0.25) is 0 Å². The Hall–Kier alpha value is -0.891. The van der Waals surface area contributed by atoms with Gasteiger partial charge in [0, 0.05) is 51.7 Å². The Kier molecular flexibility index (Phi) is 15.9. The van der Waals surface area contributed by atoms with E-state index in [4.69, 9.17) is 0 Å². The summed E-state index contributed by atoms with van der Waals surface area (Å²) in [5.41, 5.74) is 2.34. The number of nitrogens with zero attached hydrogens (tertiary/aromatic N) is 1. The van der Waals surface area contributed by atoms with Crippen LogP contribution in [0.4, 0.5) is 0 Å².